The van der Waals surface area contributed by atoms with Crippen LogP contribution in [-0.4, -0.2) is 33.4 Å². The zero-order valence-electron chi connectivity index (χ0n) is 19.4. The number of nitrogens with one attached hydrogen (secondary N) is 4. The first kappa shape index (κ1) is 26.3. The number of para-hydroxylation sites is 2. The lowest BCUT2D eigenvalue weighted by atomic mass is 9.97. The predicted molar refractivity (Wildman–Crippen MR) is 133 cm³/mol. The van der Waals surface area contributed by atoms with Gasteiger partial charge in [0.25, 0.3) is 0 Å². The number of rotatable bonds is 10. The maximum Gasteiger partial charge on any atom is 0.214 e. The molecule has 0 amide bonds. The Kier molecular flexibility index (Phi) is 8.70. The number of carbonyl (C=O) groups excluding carboxylic acids is 2. The summed E-state index contributed by atoms with van der Waals surface area (Å²) in [5.74, 6) is -1.59. The third kappa shape index (κ3) is 6.43. The van der Waals surface area contributed by atoms with Crippen LogP contribution < -0.4 is 21.3 Å². The summed E-state index contributed by atoms with van der Waals surface area (Å²) in [5, 5.41) is 47.9. The lowest BCUT2D eigenvalue weighted by Gasteiger charge is -2.20. The van der Waals surface area contributed by atoms with E-state index in [0.29, 0.717) is 11.4 Å². The third-order valence-corrected chi connectivity index (χ3v) is 5.02. The molecular formula is C24H24N6O6. The standard InChI is InChI=1S/C24H24N6O6/c1-15(25-27-17-9-5-3-6-10-17)23(31)19-13-20(22(30(35)36)14-21(19)29(33)34)24(32)16(2)26-28-18-11-7-4-8-12-18/h3-14,27-30,33,35H,1-2H3. The van der Waals surface area contributed by atoms with E-state index in [0.717, 1.165) is 12.1 Å². The Morgan fingerprint density at radius 2 is 1.06 bits per heavy atom. The second-order valence-electron chi connectivity index (χ2n) is 7.56. The van der Waals surface area contributed by atoms with E-state index in [9.17, 15) is 30.4 Å². The Bertz CT molecular complexity index is 1200. The van der Waals surface area contributed by atoms with Gasteiger partial charge in [0, 0.05) is 0 Å². The van der Waals surface area contributed by atoms with Gasteiger partial charge < -0.3 is 10.4 Å². The van der Waals surface area contributed by atoms with Gasteiger partial charge in [-0.3, -0.25) is 20.4 Å². The van der Waals surface area contributed by atoms with Gasteiger partial charge in [0.1, 0.15) is 11.4 Å². The molecule has 0 saturated heterocycles. The molecule has 0 bridgehead atoms. The van der Waals surface area contributed by atoms with Crippen molar-refractivity contribution in [2.75, 3.05) is 10.9 Å². The summed E-state index contributed by atoms with van der Waals surface area (Å²) in [4.78, 5) is 26.2. The van der Waals surface area contributed by atoms with Crippen LogP contribution in [0.1, 0.15) is 34.6 Å². The molecule has 186 valence electrons. The topological polar surface area (TPSA) is 178 Å². The van der Waals surface area contributed by atoms with Gasteiger partial charge in [0.2, 0.25) is 11.6 Å². The summed E-state index contributed by atoms with van der Waals surface area (Å²) in [5.41, 5.74) is 4.48. The van der Waals surface area contributed by atoms with Crippen molar-refractivity contribution in [3.63, 3.8) is 0 Å². The highest BCUT2D eigenvalue weighted by atomic mass is 16.8. The minimum atomic E-state index is -1.53. The summed E-state index contributed by atoms with van der Waals surface area (Å²) >= 11 is 0. The molecule has 0 saturated carbocycles. The van der Waals surface area contributed by atoms with Crippen molar-refractivity contribution in [3.05, 3.63) is 94.3 Å². The van der Waals surface area contributed by atoms with Gasteiger partial charge in [0.05, 0.1) is 28.6 Å². The van der Waals surface area contributed by atoms with Crippen LogP contribution in [0.3, 0.4) is 0 Å². The van der Waals surface area contributed by atoms with Crippen molar-refractivity contribution < 1.29 is 30.5 Å². The van der Waals surface area contributed by atoms with Gasteiger partial charge in [-0.2, -0.15) is 20.7 Å². The first-order chi connectivity index (χ1) is 17.2. The first-order valence-electron chi connectivity index (χ1n) is 10.6. The molecule has 12 heteroatoms. The Hall–Kier alpha value is -4.30. The summed E-state index contributed by atoms with van der Waals surface area (Å²) in [6.07, 6.45) is 0. The van der Waals surface area contributed by atoms with Gasteiger partial charge >= 0.3 is 0 Å². The van der Waals surface area contributed by atoms with Crippen LogP contribution in [0.5, 0.6) is 0 Å². The van der Waals surface area contributed by atoms with E-state index in [4.69, 9.17) is 0 Å². The molecule has 3 rings (SSSR count). The quantitative estimate of drug-likeness (QED) is 0.141. The fourth-order valence-corrected chi connectivity index (χ4v) is 3.14. The third-order valence-electron chi connectivity index (χ3n) is 5.02. The zero-order chi connectivity index (χ0) is 26.2. The van der Waals surface area contributed by atoms with Crippen molar-refractivity contribution in [2.24, 2.45) is 10.2 Å². The van der Waals surface area contributed by atoms with Gasteiger partial charge in [-0.1, -0.05) is 36.4 Å². The molecule has 2 unspecified atom stereocenters. The van der Waals surface area contributed by atoms with E-state index in [-0.39, 0.29) is 22.6 Å². The number of hydrazone groups is 2. The molecule has 0 aromatic heterocycles. The Balaban J connectivity index is 2.00. The number of anilines is 2. The number of carbonyl (C=O) groups is 2. The van der Waals surface area contributed by atoms with E-state index in [1.807, 2.05) is 0 Å². The molecule has 0 radical (unpaired) electrons. The molecule has 2 atom stereocenters. The second-order valence-corrected chi connectivity index (χ2v) is 7.56. The minimum absolute atomic E-state index is 0.0982. The molecule has 3 aromatic carbocycles. The minimum Gasteiger partial charge on any atom is -0.595 e. The van der Waals surface area contributed by atoms with Crippen molar-refractivity contribution in [1.82, 2.24) is 0 Å². The first-order valence-corrected chi connectivity index (χ1v) is 10.6. The molecule has 6 N–H and O–H groups in total. The maximum atomic E-state index is 13.1. The lowest BCUT2D eigenvalue weighted by molar-refractivity contribution is -0.996. The average molecular weight is 492 g/mol. The van der Waals surface area contributed by atoms with Crippen LogP contribution in [0.4, 0.5) is 22.7 Å². The molecule has 36 heavy (non-hydrogen) atoms. The van der Waals surface area contributed by atoms with Crippen molar-refractivity contribution >= 4 is 45.7 Å². The van der Waals surface area contributed by atoms with Crippen molar-refractivity contribution in [2.45, 2.75) is 13.8 Å². The maximum absolute atomic E-state index is 13.1. The van der Waals surface area contributed by atoms with E-state index in [2.05, 4.69) is 21.1 Å². The zero-order valence-corrected chi connectivity index (χ0v) is 19.4. The molecule has 0 aliphatic rings. The fraction of sp³-hybridized carbons (Fsp3) is 0.0833. The Morgan fingerprint density at radius 1 is 0.694 bits per heavy atom. The van der Waals surface area contributed by atoms with Gasteiger partial charge in [-0.15, -0.1) is 0 Å². The SMILES string of the molecule is CC(=NNc1ccccc1)C(=O)c1cc(C(=O)C(C)=NNc2ccccc2)c([NH+]([O-])O)cc1[NH+]([O-])O. The van der Waals surface area contributed by atoms with Crippen LogP contribution in [0.2, 0.25) is 0 Å². The van der Waals surface area contributed by atoms with Gasteiger partial charge in [0.15, 0.2) is 11.4 Å². The van der Waals surface area contributed by atoms with E-state index in [1.165, 1.54) is 13.8 Å². The number of hydrogen-bond donors (Lipinski definition) is 6. The van der Waals surface area contributed by atoms with Crippen molar-refractivity contribution in [3.8, 4) is 0 Å². The van der Waals surface area contributed by atoms with Crippen LogP contribution in [0.25, 0.3) is 0 Å². The van der Waals surface area contributed by atoms with Crippen LogP contribution >= 0.6 is 0 Å². The molecule has 0 heterocycles. The van der Waals surface area contributed by atoms with Crippen molar-refractivity contribution in [1.29, 1.82) is 0 Å². The van der Waals surface area contributed by atoms with E-state index < -0.39 is 33.4 Å². The molecular weight excluding hydrogens is 468 g/mol. The van der Waals surface area contributed by atoms with E-state index in [1.54, 1.807) is 60.7 Å². The summed E-state index contributed by atoms with van der Waals surface area (Å²) in [6, 6.07) is 19.3. The molecule has 0 spiro atoms. The predicted octanol–water partition coefficient (Wildman–Crippen LogP) is 1.83. The number of quaternary nitrogens is 2. The van der Waals surface area contributed by atoms with Crippen LogP contribution in [-0.2, 0) is 0 Å². The van der Waals surface area contributed by atoms with Crippen LogP contribution in [0.15, 0.2) is 83.0 Å². The Morgan fingerprint density at radius 3 is 1.39 bits per heavy atom. The van der Waals surface area contributed by atoms with Gasteiger partial charge in [-0.25, -0.2) is 10.4 Å². The number of ketones is 2. The number of nitrogens with zero attached hydrogens (tertiary/aromatic N) is 2. The summed E-state index contributed by atoms with van der Waals surface area (Å²) < 4.78 is 0. The summed E-state index contributed by atoms with van der Waals surface area (Å²) in [7, 11) is 0. The lowest BCUT2D eigenvalue weighted by Crippen LogP contribution is -3.01. The molecule has 0 fully saturated rings. The summed E-state index contributed by atoms with van der Waals surface area (Å²) in [6.45, 7) is 2.74. The number of Topliss-reactive ketones (excluding diaryl/α,β-unsaturated/α-hetero) is 2. The average Bonchev–Trinajstić information content (AvgIpc) is 2.89. The van der Waals surface area contributed by atoms with E-state index >= 15 is 0 Å². The Labute approximate surface area is 205 Å². The number of hydrogen-bond acceptors (Lipinski definition) is 10. The molecule has 12 nitrogen and oxygen atoms in total. The highest BCUT2D eigenvalue weighted by molar-refractivity contribution is 6.48. The van der Waals surface area contributed by atoms with Crippen LogP contribution in [0, 0.1) is 10.4 Å². The van der Waals surface area contributed by atoms with Gasteiger partial charge in [-0.05, 0) is 44.2 Å². The normalized spacial score (nSPS) is 13.6. The monoisotopic (exact) mass is 492 g/mol. The number of benzene rings is 3. The second kappa shape index (κ2) is 11.9. The highest BCUT2D eigenvalue weighted by Crippen LogP contribution is 2.23. The highest BCUT2D eigenvalue weighted by Gasteiger charge is 2.28. The molecule has 3 aromatic rings. The smallest absolute Gasteiger partial charge is 0.214 e. The molecule has 0 aliphatic heterocycles. The largest absolute Gasteiger partial charge is 0.595 e. The fourth-order valence-electron chi connectivity index (χ4n) is 3.14. The molecule has 0 aliphatic carbocycles.